The van der Waals surface area contributed by atoms with Gasteiger partial charge in [-0.05, 0) is 55.7 Å². The summed E-state index contributed by atoms with van der Waals surface area (Å²) in [5.41, 5.74) is 12.1. The minimum absolute atomic E-state index is 0.0730. The predicted molar refractivity (Wildman–Crippen MR) is 164 cm³/mol. The van der Waals surface area contributed by atoms with Crippen LogP contribution in [0.5, 0.6) is 0 Å². The predicted octanol–water partition coefficient (Wildman–Crippen LogP) is 0.418. The number of anilines is 1. The van der Waals surface area contributed by atoms with E-state index < -0.39 is 53.9 Å². The van der Waals surface area contributed by atoms with Crippen molar-refractivity contribution in [2.24, 2.45) is 23.3 Å². The minimum Gasteiger partial charge on any atom is -0.423 e. The SMILES string of the molecule is Cc1cc(=O)oc2cc(NC(=O)C(CCCNC(=N)N)NC(=O)CNC(=O)C(CC(C)C)NC(=O)C(N)C(C)C)ccc12. The molecule has 236 valence electrons. The Morgan fingerprint density at radius 1 is 0.953 bits per heavy atom. The number of guanidine groups is 1. The molecule has 0 bridgehead atoms. The van der Waals surface area contributed by atoms with E-state index in [4.69, 9.17) is 21.3 Å². The summed E-state index contributed by atoms with van der Waals surface area (Å²) < 4.78 is 5.25. The number of benzene rings is 1. The summed E-state index contributed by atoms with van der Waals surface area (Å²) in [6.07, 6.45) is 0.908. The van der Waals surface area contributed by atoms with E-state index in [0.717, 1.165) is 5.56 Å². The van der Waals surface area contributed by atoms with E-state index in [9.17, 15) is 24.0 Å². The zero-order valence-corrected chi connectivity index (χ0v) is 25.3. The van der Waals surface area contributed by atoms with E-state index in [-0.39, 0.29) is 24.2 Å². The molecule has 4 amide bonds. The van der Waals surface area contributed by atoms with Crippen molar-refractivity contribution in [3.63, 3.8) is 0 Å². The van der Waals surface area contributed by atoms with Crippen LogP contribution in [0.4, 0.5) is 5.69 Å². The maximum Gasteiger partial charge on any atom is 0.336 e. The van der Waals surface area contributed by atoms with E-state index in [1.807, 2.05) is 13.8 Å². The van der Waals surface area contributed by atoms with Gasteiger partial charge in [0.05, 0.1) is 12.6 Å². The molecule has 0 aliphatic rings. The number of hydrogen-bond donors (Lipinski definition) is 8. The third-order valence-electron chi connectivity index (χ3n) is 6.64. The standard InChI is InChI=1S/C29H44N8O6/c1-15(2)11-21(37-28(42)25(30)16(3)4)26(40)34-14-23(38)36-20(7-6-10-33-29(31)32)27(41)35-18-8-9-19-17(5)12-24(39)43-22(19)13-18/h8-9,12-13,15-16,20-21,25H,6-7,10-11,14,30H2,1-5H3,(H,34,40)(H,35,41)(H,36,38)(H,37,42)(H4,31,32,33). The lowest BCUT2D eigenvalue weighted by Crippen LogP contribution is -2.54. The molecule has 43 heavy (non-hydrogen) atoms. The van der Waals surface area contributed by atoms with Gasteiger partial charge in [0, 0.05) is 29.8 Å². The van der Waals surface area contributed by atoms with Gasteiger partial charge in [0.15, 0.2) is 5.96 Å². The number of fused-ring (bicyclic) bond motifs is 1. The number of nitrogens with two attached hydrogens (primary N) is 2. The van der Waals surface area contributed by atoms with E-state index in [1.54, 1.807) is 32.9 Å². The van der Waals surface area contributed by atoms with Gasteiger partial charge in [-0.2, -0.15) is 0 Å². The number of nitrogens with one attached hydrogen (secondary N) is 6. The Labute approximate surface area is 250 Å². The number of carbonyl (C=O) groups excluding carboxylic acids is 4. The summed E-state index contributed by atoms with van der Waals surface area (Å²) >= 11 is 0. The van der Waals surface area contributed by atoms with Gasteiger partial charge in [0.1, 0.15) is 17.7 Å². The zero-order chi connectivity index (χ0) is 32.3. The minimum atomic E-state index is -1.01. The molecule has 10 N–H and O–H groups in total. The van der Waals surface area contributed by atoms with Crippen molar-refractivity contribution >= 4 is 46.2 Å². The molecule has 2 aromatic rings. The number of amides is 4. The van der Waals surface area contributed by atoms with Crippen LogP contribution >= 0.6 is 0 Å². The van der Waals surface area contributed by atoms with Gasteiger partial charge in [0.2, 0.25) is 23.6 Å². The molecule has 14 heteroatoms. The molecule has 0 aliphatic heterocycles. The molecule has 2 rings (SSSR count). The molecule has 14 nitrogen and oxygen atoms in total. The average molecular weight is 601 g/mol. The second-order valence-electron chi connectivity index (χ2n) is 11.2. The van der Waals surface area contributed by atoms with Crippen LogP contribution in [-0.4, -0.2) is 60.8 Å². The quantitative estimate of drug-likeness (QED) is 0.0611. The molecule has 1 heterocycles. The van der Waals surface area contributed by atoms with Crippen molar-refractivity contribution in [2.45, 2.75) is 72.0 Å². The molecule has 1 aromatic heterocycles. The van der Waals surface area contributed by atoms with Gasteiger partial charge in [-0.25, -0.2) is 4.79 Å². The number of aryl methyl sites for hydroxylation is 1. The van der Waals surface area contributed by atoms with E-state index in [1.165, 1.54) is 12.1 Å². The fourth-order valence-electron chi connectivity index (χ4n) is 4.24. The van der Waals surface area contributed by atoms with Crippen molar-refractivity contribution < 1.29 is 23.6 Å². The third-order valence-corrected chi connectivity index (χ3v) is 6.64. The van der Waals surface area contributed by atoms with Crippen molar-refractivity contribution in [2.75, 3.05) is 18.4 Å². The number of carbonyl (C=O) groups is 4. The van der Waals surface area contributed by atoms with Gasteiger partial charge in [0.25, 0.3) is 0 Å². The molecule has 0 saturated carbocycles. The van der Waals surface area contributed by atoms with Crippen LogP contribution in [0.3, 0.4) is 0 Å². The van der Waals surface area contributed by atoms with Crippen LogP contribution in [-0.2, 0) is 19.2 Å². The second-order valence-corrected chi connectivity index (χ2v) is 11.2. The Morgan fingerprint density at radius 3 is 2.28 bits per heavy atom. The number of rotatable bonds is 15. The maximum atomic E-state index is 13.2. The summed E-state index contributed by atoms with van der Waals surface area (Å²) in [5, 5.41) is 21.2. The fourth-order valence-corrected chi connectivity index (χ4v) is 4.24. The summed E-state index contributed by atoms with van der Waals surface area (Å²) in [6.45, 7) is 9.03. The van der Waals surface area contributed by atoms with Gasteiger partial charge < -0.3 is 42.5 Å². The first-order chi connectivity index (χ1) is 20.2. The molecule has 3 unspecified atom stereocenters. The average Bonchev–Trinajstić information content (AvgIpc) is 2.91. The van der Waals surface area contributed by atoms with E-state index in [2.05, 4.69) is 26.6 Å². The van der Waals surface area contributed by atoms with E-state index >= 15 is 0 Å². The first-order valence-electron chi connectivity index (χ1n) is 14.2. The van der Waals surface area contributed by atoms with Crippen LogP contribution in [0.2, 0.25) is 0 Å². The number of hydrogen-bond acceptors (Lipinski definition) is 8. The lowest BCUT2D eigenvalue weighted by atomic mass is 10.0. The lowest BCUT2D eigenvalue weighted by molar-refractivity contribution is -0.132. The first kappa shape index (κ1) is 34.7. The summed E-state index contributed by atoms with van der Waals surface area (Å²) in [6, 6.07) is 3.57. The smallest absolute Gasteiger partial charge is 0.336 e. The van der Waals surface area contributed by atoms with Crippen LogP contribution in [0.25, 0.3) is 11.0 Å². The normalized spacial score (nSPS) is 13.2. The monoisotopic (exact) mass is 600 g/mol. The van der Waals surface area contributed by atoms with Crippen LogP contribution < -0.4 is 43.7 Å². The highest BCUT2D eigenvalue weighted by Gasteiger charge is 2.27. The summed E-state index contributed by atoms with van der Waals surface area (Å²) in [4.78, 5) is 63.2. The maximum absolute atomic E-state index is 13.2. The lowest BCUT2D eigenvalue weighted by Gasteiger charge is -2.23. The van der Waals surface area contributed by atoms with Gasteiger partial charge in [-0.3, -0.25) is 24.6 Å². The largest absolute Gasteiger partial charge is 0.423 e. The third kappa shape index (κ3) is 11.4. The molecule has 0 fully saturated rings. The molecule has 0 spiro atoms. The van der Waals surface area contributed by atoms with Crippen molar-refractivity contribution in [1.29, 1.82) is 5.41 Å². The van der Waals surface area contributed by atoms with Gasteiger partial charge >= 0.3 is 5.63 Å². The Bertz CT molecular complexity index is 1370. The molecule has 0 saturated heterocycles. The van der Waals surface area contributed by atoms with Crippen molar-refractivity contribution in [3.8, 4) is 0 Å². The molecular weight excluding hydrogens is 556 g/mol. The van der Waals surface area contributed by atoms with Crippen LogP contribution in [0.1, 0.15) is 52.5 Å². The molecule has 1 aromatic carbocycles. The van der Waals surface area contributed by atoms with Crippen LogP contribution in [0.15, 0.2) is 33.5 Å². The summed E-state index contributed by atoms with van der Waals surface area (Å²) in [7, 11) is 0. The Morgan fingerprint density at radius 2 is 1.65 bits per heavy atom. The first-order valence-corrected chi connectivity index (χ1v) is 14.2. The summed E-state index contributed by atoms with van der Waals surface area (Å²) in [5.74, 6) is -2.44. The van der Waals surface area contributed by atoms with Crippen molar-refractivity contribution in [1.82, 2.24) is 21.3 Å². The zero-order valence-electron chi connectivity index (χ0n) is 25.3. The van der Waals surface area contributed by atoms with E-state index in [0.29, 0.717) is 36.0 Å². The van der Waals surface area contributed by atoms with Crippen LogP contribution in [0, 0.1) is 24.2 Å². The highest BCUT2D eigenvalue weighted by atomic mass is 16.4. The fraction of sp³-hybridized carbons (Fsp3) is 0.517. The highest BCUT2D eigenvalue weighted by Crippen LogP contribution is 2.21. The molecule has 0 radical (unpaired) electrons. The molecule has 3 atom stereocenters. The Balaban J connectivity index is 2.10. The Hall–Kier alpha value is -4.46. The molecule has 0 aliphatic carbocycles. The van der Waals surface area contributed by atoms with Gasteiger partial charge in [-0.1, -0.05) is 27.7 Å². The Kier molecular flexibility index (Phi) is 13.1. The second kappa shape index (κ2) is 16.2. The van der Waals surface area contributed by atoms with Crippen molar-refractivity contribution in [3.05, 3.63) is 40.2 Å². The topological polar surface area (TPSA) is 235 Å². The molecular formula is C29H44N8O6. The van der Waals surface area contributed by atoms with Gasteiger partial charge in [-0.15, -0.1) is 0 Å². The highest BCUT2D eigenvalue weighted by molar-refractivity contribution is 5.99.